The van der Waals surface area contributed by atoms with Crippen LogP contribution in [-0.4, -0.2) is 126 Å². The molecule has 4 heterocycles. The fourth-order valence-corrected chi connectivity index (χ4v) is 10.5. The Hall–Kier alpha value is -7.57. The van der Waals surface area contributed by atoms with Gasteiger partial charge in [0.25, 0.3) is 11.8 Å². The van der Waals surface area contributed by atoms with Gasteiger partial charge in [-0.2, -0.15) is 36.9 Å². The number of Topliss-reactive ketones (excluding diaryl/α,β-unsaturated/α-hetero) is 2. The molecule has 0 spiro atoms. The van der Waals surface area contributed by atoms with E-state index in [9.17, 15) is 65.6 Å². The lowest BCUT2D eigenvalue weighted by molar-refractivity contribution is -0.890. The summed E-state index contributed by atoms with van der Waals surface area (Å²) < 4.78 is 84.3. The molecule has 0 aromatic heterocycles. The van der Waals surface area contributed by atoms with Crippen molar-refractivity contribution in [1.82, 2.24) is 19.6 Å². The van der Waals surface area contributed by atoms with Crippen LogP contribution in [0.15, 0.2) is 120 Å². The number of carbonyl (C=O) groups excluding carboxylic acids is 6. The molecule has 78 heavy (non-hydrogen) atoms. The number of nitriles is 2. The van der Waals surface area contributed by atoms with Crippen LogP contribution in [0, 0.1) is 22.7 Å². The molecule has 0 N–H and O–H groups in total. The number of halogens is 7. The number of hydrogen-bond acceptors (Lipinski definition) is 8. The Labute approximate surface area is 463 Å². The number of quaternary nitrogens is 1. The van der Waals surface area contributed by atoms with Crippen LogP contribution in [-0.2, 0) is 31.5 Å². The summed E-state index contributed by atoms with van der Waals surface area (Å²) in [7, 11) is 3.77. The third kappa shape index (κ3) is 11.8. The number of amides is 6. The number of nitrogens with zero attached hydrogens (tertiary/aromatic N) is 9. The molecule has 15 nitrogen and oxygen atoms in total. The molecule has 4 aliphatic heterocycles. The summed E-state index contributed by atoms with van der Waals surface area (Å²) in [6.07, 6.45) is -8.98. The van der Waals surface area contributed by atoms with Crippen molar-refractivity contribution < 1.29 is 83.6 Å². The summed E-state index contributed by atoms with van der Waals surface area (Å²) >= 11 is 0. The molecule has 4 aliphatic rings. The number of hydrogen-bond donors (Lipinski definition) is 0. The topological polar surface area (TPSA) is 169 Å². The number of benzene rings is 4. The average Bonchev–Trinajstić information content (AvgIpc) is 3.94. The third-order valence-corrected chi connectivity index (χ3v) is 14.4. The second kappa shape index (κ2) is 23.2. The van der Waals surface area contributed by atoms with Gasteiger partial charge in [0.1, 0.15) is 0 Å². The second-order valence-electron chi connectivity index (χ2n) is 19.9. The Kier molecular flexibility index (Phi) is 17.3. The van der Waals surface area contributed by atoms with E-state index in [0.29, 0.717) is 52.7 Å². The van der Waals surface area contributed by atoms with E-state index in [1.807, 2.05) is 26.2 Å². The maximum atomic E-state index is 14.7. The van der Waals surface area contributed by atoms with Crippen molar-refractivity contribution in [3.8, 4) is 12.1 Å². The van der Waals surface area contributed by atoms with Gasteiger partial charge in [-0.25, -0.2) is 9.59 Å². The van der Waals surface area contributed by atoms with E-state index in [0.717, 1.165) is 46.2 Å². The van der Waals surface area contributed by atoms with E-state index >= 15 is 0 Å². The molecule has 2 atom stereocenters. The van der Waals surface area contributed by atoms with Gasteiger partial charge in [0.05, 0.1) is 134 Å². The van der Waals surface area contributed by atoms with E-state index in [4.69, 9.17) is 0 Å². The molecule has 0 aliphatic carbocycles. The lowest BCUT2D eigenvalue weighted by atomic mass is 9.92. The van der Waals surface area contributed by atoms with Gasteiger partial charge in [-0.05, 0) is 85.6 Å². The first-order chi connectivity index (χ1) is 36.5. The van der Waals surface area contributed by atoms with Crippen molar-refractivity contribution in [3.05, 3.63) is 153 Å². The Morgan fingerprint density at radius 1 is 0.590 bits per heavy atom. The standard InChI is InChI=1S/C56H54F6N9O6.HI/c1-5-65-33-45-47(51(65)74)49(37-21-17-35(29-63)18-22-37)67(53(76)69(45)41-13-7-11-39(27-41)55(57,58)59)31-43(72)15-9-25-71(3,4)26-10-16-44(73)32-68-50(38-23-19-36(30-64)20-24-38)48-46(34-66(6-2)52(48)75)70(54(68)77)42-14-8-12-40(28-42)56(60,61)62;/h7-8,11-14,17-24,27-28,49-50H,5-6,9-10,15-16,25-26,31-34H2,1-4H3;1H/q+1;/p-1/t49-,50-;/m1./s1. The van der Waals surface area contributed by atoms with E-state index in [2.05, 4.69) is 0 Å². The number of urea groups is 2. The van der Waals surface area contributed by atoms with Gasteiger partial charge < -0.3 is 48.1 Å². The molecule has 0 bridgehead atoms. The quantitative estimate of drug-likeness (QED) is 0.0650. The molecule has 408 valence electrons. The van der Waals surface area contributed by atoms with Gasteiger partial charge in [-0.1, -0.05) is 36.4 Å². The number of anilines is 2. The van der Waals surface area contributed by atoms with Crippen molar-refractivity contribution in [3.63, 3.8) is 0 Å². The highest BCUT2D eigenvalue weighted by atomic mass is 127. The SMILES string of the molecule is CCN1CC2=C(C1=O)[C@@H](c1ccc(C#N)cc1)N(CC(=O)CCC[N+](C)(C)CCCC(=O)CN1C(=O)N(c3cccc(C(F)(F)F)c3)C3=C(C(=O)N(CC)C3)[C@H]1c1ccc(C#N)cc1)C(=O)N2c1cccc(C(F)(F)F)c1.[I-]. The molecular formula is C56H54F6IN9O6. The monoisotopic (exact) mass is 1190 g/mol. The summed E-state index contributed by atoms with van der Waals surface area (Å²) in [6.45, 7) is 3.54. The molecule has 0 radical (unpaired) electrons. The van der Waals surface area contributed by atoms with Crippen LogP contribution in [0.25, 0.3) is 0 Å². The van der Waals surface area contributed by atoms with E-state index in [1.54, 1.807) is 38.1 Å². The maximum absolute atomic E-state index is 14.7. The Morgan fingerprint density at radius 3 is 1.27 bits per heavy atom. The van der Waals surface area contributed by atoms with Gasteiger partial charge in [-0.3, -0.25) is 29.0 Å². The van der Waals surface area contributed by atoms with E-state index in [1.165, 1.54) is 56.0 Å². The summed E-state index contributed by atoms with van der Waals surface area (Å²) in [6, 6.07) is 20.9. The average molecular weight is 1190 g/mol. The van der Waals surface area contributed by atoms with Crippen LogP contribution in [0.4, 0.5) is 47.3 Å². The molecule has 8 rings (SSSR count). The number of ketones is 2. The predicted molar refractivity (Wildman–Crippen MR) is 269 cm³/mol. The third-order valence-electron chi connectivity index (χ3n) is 14.4. The highest BCUT2D eigenvalue weighted by molar-refractivity contribution is 6.09. The molecule has 0 saturated carbocycles. The molecule has 22 heteroatoms. The summed E-state index contributed by atoms with van der Waals surface area (Å²) in [5.41, 5.74) is -0.275. The van der Waals surface area contributed by atoms with Gasteiger partial charge >= 0.3 is 24.4 Å². The van der Waals surface area contributed by atoms with Crippen molar-refractivity contribution in [2.24, 2.45) is 0 Å². The van der Waals surface area contributed by atoms with Gasteiger partial charge in [0.15, 0.2) is 11.6 Å². The van der Waals surface area contributed by atoms with Gasteiger partial charge in [0.2, 0.25) is 0 Å². The fraction of sp³-hybridized carbons (Fsp3) is 0.357. The van der Waals surface area contributed by atoms with Crippen molar-refractivity contribution in [2.45, 2.75) is 64.0 Å². The first-order valence-corrected chi connectivity index (χ1v) is 25.0. The summed E-state index contributed by atoms with van der Waals surface area (Å²) in [5.74, 6) is -1.72. The number of likely N-dealkylation sites (N-methyl/N-ethyl adjacent to an activating group) is 2. The van der Waals surface area contributed by atoms with Crippen LogP contribution < -0.4 is 33.8 Å². The normalized spacial score (nSPS) is 17.8. The fourth-order valence-electron chi connectivity index (χ4n) is 10.5. The highest BCUT2D eigenvalue weighted by Gasteiger charge is 2.51. The lowest BCUT2D eigenvalue weighted by Gasteiger charge is -2.41. The second-order valence-corrected chi connectivity index (χ2v) is 19.9. The van der Waals surface area contributed by atoms with Crippen LogP contribution in [0.1, 0.15) is 85.0 Å². The molecule has 0 saturated heterocycles. The van der Waals surface area contributed by atoms with Crippen LogP contribution in [0.2, 0.25) is 0 Å². The number of rotatable bonds is 18. The Bertz CT molecular complexity index is 2970. The molecule has 0 fully saturated rings. The minimum absolute atomic E-state index is 0. The maximum Gasteiger partial charge on any atom is 0.416 e. The summed E-state index contributed by atoms with van der Waals surface area (Å²) in [4.78, 5) is 93.1. The Balaban J connectivity index is 0.00000882. The molecule has 6 amide bonds. The zero-order valence-corrected chi connectivity index (χ0v) is 45.2. The van der Waals surface area contributed by atoms with Crippen molar-refractivity contribution >= 4 is 46.8 Å². The molecular weight excluding hydrogens is 1140 g/mol. The zero-order valence-electron chi connectivity index (χ0n) is 43.0. The predicted octanol–water partition coefficient (Wildman–Crippen LogP) is 6.15. The zero-order chi connectivity index (χ0) is 55.7. The lowest BCUT2D eigenvalue weighted by Crippen LogP contribution is -3.00. The first-order valence-electron chi connectivity index (χ1n) is 25.0. The van der Waals surface area contributed by atoms with E-state index < -0.39 is 84.1 Å². The van der Waals surface area contributed by atoms with Crippen LogP contribution >= 0.6 is 0 Å². The molecule has 4 aromatic carbocycles. The smallest absolute Gasteiger partial charge is 0.416 e. The summed E-state index contributed by atoms with van der Waals surface area (Å²) in [5, 5.41) is 19.0. The largest absolute Gasteiger partial charge is 1.00 e. The van der Waals surface area contributed by atoms with Gasteiger partial charge in [-0.15, -0.1) is 0 Å². The number of alkyl halides is 6. The molecule has 0 unspecified atom stereocenters. The first kappa shape index (κ1) is 58.1. The van der Waals surface area contributed by atoms with Crippen molar-refractivity contribution in [2.75, 3.05) is 76.3 Å². The molecule has 4 aromatic rings. The minimum Gasteiger partial charge on any atom is -1.00 e. The van der Waals surface area contributed by atoms with E-state index in [-0.39, 0.29) is 96.9 Å². The van der Waals surface area contributed by atoms with Gasteiger partial charge in [0, 0.05) is 38.8 Å². The number of carbonyl (C=O) groups is 6. The highest BCUT2D eigenvalue weighted by Crippen LogP contribution is 2.46. The van der Waals surface area contributed by atoms with Crippen LogP contribution in [0.3, 0.4) is 0 Å². The van der Waals surface area contributed by atoms with Crippen molar-refractivity contribution in [1.29, 1.82) is 10.5 Å². The van der Waals surface area contributed by atoms with Crippen LogP contribution in [0.5, 0.6) is 0 Å². The minimum atomic E-state index is -4.75. The Morgan fingerprint density at radius 2 is 0.949 bits per heavy atom.